The van der Waals surface area contributed by atoms with Crippen LogP contribution in [0.15, 0.2) is 24.3 Å². The fourth-order valence-corrected chi connectivity index (χ4v) is 3.91. The second-order valence-electron chi connectivity index (χ2n) is 6.32. The third-order valence-corrected chi connectivity index (χ3v) is 5.05. The number of esters is 1. The number of methoxy groups -OCH3 is 1. The molecule has 3 heteroatoms. The Labute approximate surface area is 119 Å². The van der Waals surface area contributed by atoms with E-state index < -0.39 is 0 Å². The van der Waals surface area contributed by atoms with Gasteiger partial charge in [0.15, 0.2) is 5.78 Å². The molecule has 2 saturated carbocycles. The molecule has 2 bridgehead atoms. The van der Waals surface area contributed by atoms with Gasteiger partial charge in [-0.05, 0) is 55.6 Å². The van der Waals surface area contributed by atoms with E-state index in [1.165, 1.54) is 39.2 Å². The van der Waals surface area contributed by atoms with Crippen molar-refractivity contribution in [3.63, 3.8) is 0 Å². The van der Waals surface area contributed by atoms with Crippen molar-refractivity contribution in [2.75, 3.05) is 7.11 Å². The van der Waals surface area contributed by atoms with Crippen LogP contribution in [0.2, 0.25) is 0 Å². The summed E-state index contributed by atoms with van der Waals surface area (Å²) in [5.41, 5.74) is 1.48. The van der Waals surface area contributed by atoms with Crippen LogP contribution in [0.1, 0.15) is 59.2 Å². The smallest absolute Gasteiger partial charge is 0.337 e. The Balaban J connectivity index is 1.70. The molecular formula is C17H20O3. The fraction of sp³-hybridized carbons (Fsp3) is 0.529. The van der Waals surface area contributed by atoms with E-state index in [1.54, 1.807) is 24.3 Å². The summed E-state index contributed by atoms with van der Waals surface area (Å²) in [7, 11) is 1.36. The number of rotatable bonds is 4. The molecule has 0 amide bonds. The lowest BCUT2D eigenvalue weighted by atomic mass is 9.79. The number of hydrogen-bond acceptors (Lipinski definition) is 3. The molecule has 0 aromatic heterocycles. The van der Waals surface area contributed by atoms with Crippen molar-refractivity contribution >= 4 is 11.8 Å². The van der Waals surface area contributed by atoms with Gasteiger partial charge in [-0.1, -0.05) is 12.1 Å². The first-order valence-corrected chi connectivity index (χ1v) is 7.33. The van der Waals surface area contributed by atoms with Crippen LogP contribution >= 0.6 is 0 Å². The van der Waals surface area contributed by atoms with Crippen LogP contribution in [0.25, 0.3) is 0 Å². The van der Waals surface area contributed by atoms with Crippen LogP contribution in [0.5, 0.6) is 0 Å². The molecule has 2 fully saturated rings. The largest absolute Gasteiger partial charge is 0.465 e. The molecule has 2 aliphatic rings. The van der Waals surface area contributed by atoms with E-state index in [0.29, 0.717) is 17.5 Å². The van der Waals surface area contributed by atoms with Crippen molar-refractivity contribution in [3.05, 3.63) is 35.4 Å². The van der Waals surface area contributed by atoms with E-state index in [2.05, 4.69) is 4.74 Å². The highest BCUT2D eigenvalue weighted by Crippen LogP contribution is 2.56. The van der Waals surface area contributed by atoms with Crippen molar-refractivity contribution in [1.82, 2.24) is 0 Å². The molecule has 0 atom stereocenters. The maximum atomic E-state index is 12.4. The third kappa shape index (κ3) is 2.37. The van der Waals surface area contributed by atoms with Gasteiger partial charge in [0.2, 0.25) is 0 Å². The maximum absolute atomic E-state index is 12.4. The van der Waals surface area contributed by atoms with E-state index in [1.807, 2.05) is 0 Å². The summed E-state index contributed by atoms with van der Waals surface area (Å²) < 4.78 is 4.66. The Kier molecular flexibility index (Phi) is 3.36. The van der Waals surface area contributed by atoms with E-state index in [0.717, 1.165) is 5.92 Å². The second-order valence-corrected chi connectivity index (χ2v) is 6.32. The molecule has 106 valence electrons. The Bertz CT molecular complexity index is 522. The molecule has 0 heterocycles. The Morgan fingerprint density at radius 2 is 1.75 bits per heavy atom. The molecule has 2 aliphatic carbocycles. The Morgan fingerprint density at radius 3 is 2.25 bits per heavy atom. The van der Waals surface area contributed by atoms with Gasteiger partial charge in [0.1, 0.15) is 0 Å². The fourth-order valence-electron chi connectivity index (χ4n) is 3.91. The summed E-state index contributed by atoms with van der Waals surface area (Å²) in [6.45, 7) is 0. The molecule has 0 spiro atoms. The van der Waals surface area contributed by atoms with E-state index in [4.69, 9.17) is 0 Å². The highest BCUT2D eigenvalue weighted by atomic mass is 16.5. The van der Waals surface area contributed by atoms with Gasteiger partial charge in [-0.15, -0.1) is 0 Å². The van der Waals surface area contributed by atoms with Crippen LogP contribution in [-0.2, 0) is 4.74 Å². The monoisotopic (exact) mass is 272 g/mol. The van der Waals surface area contributed by atoms with Crippen molar-refractivity contribution in [2.24, 2.45) is 11.3 Å². The van der Waals surface area contributed by atoms with Gasteiger partial charge in [0.25, 0.3) is 0 Å². The van der Waals surface area contributed by atoms with Gasteiger partial charge in [-0.25, -0.2) is 4.79 Å². The number of benzene rings is 1. The predicted octanol–water partition coefficient (Wildman–Crippen LogP) is 3.63. The third-order valence-electron chi connectivity index (χ3n) is 5.05. The first kappa shape index (κ1) is 13.3. The van der Waals surface area contributed by atoms with Gasteiger partial charge >= 0.3 is 5.97 Å². The van der Waals surface area contributed by atoms with Crippen LogP contribution in [-0.4, -0.2) is 18.9 Å². The first-order chi connectivity index (χ1) is 9.62. The molecule has 1 aromatic carbocycles. The summed E-state index contributed by atoms with van der Waals surface area (Å²) in [4.78, 5) is 23.8. The molecule has 20 heavy (non-hydrogen) atoms. The van der Waals surface area contributed by atoms with Crippen LogP contribution < -0.4 is 0 Å². The Hall–Kier alpha value is -1.64. The highest BCUT2D eigenvalue weighted by Gasteiger charge is 2.45. The van der Waals surface area contributed by atoms with E-state index >= 15 is 0 Å². The number of ether oxygens (including phenoxy) is 1. The minimum atomic E-state index is -0.364. The number of hydrogen-bond donors (Lipinski definition) is 0. The molecule has 1 aromatic rings. The SMILES string of the molecule is COC(=O)c1ccc(C(=O)CC23CCC(CC2)C3)cc1. The molecular weight excluding hydrogens is 252 g/mol. The quantitative estimate of drug-likeness (QED) is 0.621. The summed E-state index contributed by atoms with van der Waals surface area (Å²) >= 11 is 0. The van der Waals surface area contributed by atoms with Crippen LogP contribution in [0, 0.1) is 11.3 Å². The summed E-state index contributed by atoms with van der Waals surface area (Å²) in [6.07, 6.45) is 6.93. The van der Waals surface area contributed by atoms with Crippen LogP contribution in [0.4, 0.5) is 0 Å². The zero-order valence-electron chi connectivity index (χ0n) is 11.9. The van der Waals surface area contributed by atoms with Gasteiger partial charge in [-0.3, -0.25) is 4.79 Å². The molecule has 0 N–H and O–H groups in total. The number of fused-ring (bicyclic) bond motifs is 2. The lowest BCUT2D eigenvalue weighted by Crippen LogP contribution is -2.19. The van der Waals surface area contributed by atoms with E-state index in [-0.39, 0.29) is 17.2 Å². The van der Waals surface area contributed by atoms with Gasteiger partial charge in [0.05, 0.1) is 12.7 Å². The minimum absolute atomic E-state index is 0.212. The highest BCUT2D eigenvalue weighted by molar-refractivity contribution is 5.98. The Morgan fingerprint density at radius 1 is 1.15 bits per heavy atom. The zero-order valence-corrected chi connectivity index (χ0v) is 11.9. The number of carbonyl (C=O) groups excluding carboxylic acids is 2. The van der Waals surface area contributed by atoms with Crippen LogP contribution in [0.3, 0.4) is 0 Å². The first-order valence-electron chi connectivity index (χ1n) is 7.33. The molecule has 3 nitrogen and oxygen atoms in total. The van der Waals surface area contributed by atoms with Crippen molar-refractivity contribution < 1.29 is 14.3 Å². The summed E-state index contributed by atoms with van der Waals surface area (Å²) in [5, 5.41) is 0. The van der Waals surface area contributed by atoms with E-state index in [9.17, 15) is 9.59 Å². The molecule has 0 saturated heterocycles. The average Bonchev–Trinajstić information content (AvgIpc) is 3.06. The normalized spacial score (nSPS) is 27.6. The van der Waals surface area contributed by atoms with Gasteiger partial charge in [0, 0.05) is 12.0 Å². The van der Waals surface area contributed by atoms with Gasteiger partial charge < -0.3 is 4.74 Å². The van der Waals surface area contributed by atoms with Crippen molar-refractivity contribution in [2.45, 2.75) is 38.5 Å². The molecule has 0 radical (unpaired) electrons. The zero-order chi connectivity index (χ0) is 14.2. The molecule has 0 aliphatic heterocycles. The average molecular weight is 272 g/mol. The predicted molar refractivity (Wildman–Crippen MR) is 75.7 cm³/mol. The maximum Gasteiger partial charge on any atom is 0.337 e. The summed E-state index contributed by atoms with van der Waals surface area (Å²) in [6, 6.07) is 6.82. The number of ketones is 1. The number of Topliss-reactive ketones (excluding diaryl/α,β-unsaturated/α-hetero) is 1. The van der Waals surface area contributed by atoms with Gasteiger partial charge in [-0.2, -0.15) is 0 Å². The van der Waals surface area contributed by atoms with Crippen molar-refractivity contribution in [1.29, 1.82) is 0 Å². The lowest BCUT2D eigenvalue weighted by Gasteiger charge is -2.25. The number of carbonyl (C=O) groups is 2. The lowest BCUT2D eigenvalue weighted by molar-refractivity contribution is 0.0600. The molecule has 3 rings (SSSR count). The van der Waals surface area contributed by atoms with Crippen molar-refractivity contribution in [3.8, 4) is 0 Å². The summed E-state index contributed by atoms with van der Waals surface area (Å²) in [5.74, 6) is 0.713. The topological polar surface area (TPSA) is 43.4 Å². The molecule has 0 unspecified atom stereocenters. The second kappa shape index (κ2) is 5.04. The standard InChI is InChI=1S/C17H20O3/c1-20-16(19)14-4-2-13(3-5-14)15(18)11-17-8-6-12(10-17)7-9-17/h2-5,12H,6-11H2,1H3. The minimum Gasteiger partial charge on any atom is -0.465 e.